The Morgan fingerprint density at radius 2 is 2.07 bits per heavy atom. The number of anilines is 1. The van der Waals surface area contributed by atoms with Gasteiger partial charge in [0.15, 0.2) is 11.0 Å². The van der Waals surface area contributed by atoms with Crippen molar-refractivity contribution in [3.05, 3.63) is 47.0 Å². The molecule has 0 aliphatic heterocycles. The monoisotopic (exact) mass is 452 g/mol. The molecule has 0 atom stereocenters. The number of thioether (sulfide) groups is 1. The summed E-state index contributed by atoms with van der Waals surface area (Å²) >= 11 is 2.30. The zero-order valence-corrected chi connectivity index (χ0v) is 17.3. The summed E-state index contributed by atoms with van der Waals surface area (Å²) in [7, 11) is 1.30. The Bertz CT molecular complexity index is 1020. The van der Waals surface area contributed by atoms with E-state index >= 15 is 0 Å². The largest absolute Gasteiger partial charge is 0.486 e. The molecule has 30 heavy (non-hydrogen) atoms. The van der Waals surface area contributed by atoms with E-state index in [1.165, 1.54) is 47.4 Å². The zero-order valence-electron chi connectivity index (χ0n) is 15.7. The first-order chi connectivity index (χ1) is 14.4. The van der Waals surface area contributed by atoms with Crippen molar-refractivity contribution in [1.29, 1.82) is 0 Å². The molecule has 0 bridgehead atoms. The first-order valence-electron chi connectivity index (χ1n) is 8.46. The van der Waals surface area contributed by atoms with Crippen molar-refractivity contribution in [3.63, 3.8) is 0 Å². The molecule has 0 radical (unpaired) electrons. The molecule has 0 aliphatic rings. The van der Waals surface area contributed by atoms with Gasteiger partial charge >= 0.3 is 5.97 Å². The maximum absolute atomic E-state index is 12.9. The van der Waals surface area contributed by atoms with Gasteiger partial charge in [-0.25, -0.2) is 14.1 Å². The van der Waals surface area contributed by atoms with Crippen molar-refractivity contribution in [2.24, 2.45) is 0 Å². The van der Waals surface area contributed by atoms with E-state index in [0.717, 1.165) is 11.8 Å². The van der Waals surface area contributed by atoms with Gasteiger partial charge in [-0.05, 0) is 24.3 Å². The molecule has 0 unspecified atom stereocenters. The SMILES string of the molecule is COC(=O)Cc1csc(NC(=O)CSc2nnc(COc3ccc(F)cc3)n2N)n1. The predicted molar refractivity (Wildman–Crippen MR) is 108 cm³/mol. The number of ether oxygens (including phenoxy) is 2. The minimum atomic E-state index is -0.407. The molecule has 0 saturated heterocycles. The topological polar surface area (TPSA) is 134 Å². The minimum absolute atomic E-state index is 0.0278. The minimum Gasteiger partial charge on any atom is -0.486 e. The number of nitrogens with one attached hydrogen (secondary N) is 1. The van der Waals surface area contributed by atoms with Crippen molar-refractivity contribution >= 4 is 40.1 Å². The van der Waals surface area contributed by atoms with Crippen LogP contribution in [0, 0.1) is 5.82 Å². The Hall–Kier alpha value is -3.19. The summed E-state index contributed by atoms with van der Waals surface area (Å²) in [5.41, 5.74) is 0.516. The molecule has 3 N–H and O–H groups in total. The van der Waals surface area contributed by atoms with Crippen LogP contribution in [-0.2, 0) is 27.4 Å². The average Bonchev–Trinajstić information content (AvgIpc) is 3.32. The molecule has 3 aromatic rings. The van der Waals surface area contributed by atoms with Crippen LogP contribution in [-0.4, -0.2) is 44.6 Å². The van der Waals surface area contributed by atoms with E-state index < -0.39 is 5.97 Å². The predicted octanol–water partition coefficient (Wildman–Crippen LogP) is 1.61. The fraction of sp³-hybridized carbons (Fsp3) is 0.235. The molecule has 0 fully saturated rings. The third kappa shape index (κ3) is 5.90. The molecule has 0 spiro atoms. The second kappa shape index (κ2) is 10.0. The molecule has 2 aromatic heterocycles. The van der Waals surface area contributed by atoms with E-state index in [-0.39, 0.29) is 30.5 Å². The summed E-state index contributed by atoms with van der Waals surface area (Å²) in [6, 6.07) is 5.54. The fourth-order valence-corrected chi connectivity index (χ4v) is 3.54. The number of carbonyl (C=O) groups excluding carboxylic acids is 2. The smallest absolute Gasteiger partial charge is 0.311 e. The number of halogens is 1. The molecule has 13 heteroatoms. The first-order valence-corrected chi connectivity index (χ1v) is 10.3. The van der Waals surface area contributed by atoms with E-state index in [0.29, 0.717) is 27.6 Å². The van der Waals surface area contributed by atoms with Crippen molar-refractivity contribution in [3.8, 4) is 5.75 Å². The van der Waals surface area contributed by atoms with Gasteiger partial charge in [-0.3, -0.25) is 9.59 Å². The van der Waals surface area contributed by atoms with Crippen LogP contribution in [0.1, 0.15) is 11.5 Å². The van der Waals surface area contributed by atoms with Gasteiger partial charge in [-0.2, -0.15) is 0 Å². The Morgan fingerprint density at radius 3 is 2.80 bits per heavy atom. The van der Waals surface area contributed by atoms with E-state index in [1.807, 2.05) is 0 Å². The third-order valence-corrected chi connectivity index (χ3v) is 5.35. The van der Waals surface area contributed by atoms with Gasteiger partial charge in [-0.1, -0.05) is 11.8 Å². The molecule has 0 saturated carbocycles. The van der Waals surface area contributed by atoms with Crippen molar-refractivity contribution in [1.82, 2.24) is 19.9 Å². The van der Waals surface area contributed by atoms with Gasteiger partial charge in [0, 0.05) is 5.38 Å². The zero-order chi connectivity index (χ0) is 21.5. The van der Waals surface area contributed by atoms with E-state index in [4.69, 9.17) is 10.6 Å². The summed E-state index contributed by atoms with van der Waals surface area (Å²) in [5.74, 6) is 5.69. The number of hydrogen-bond donors (Lipinski definition) is 2. The quantitative estimate of drug-likeness (QED) is 0.282. The highest BCUT2D eigenvalue weighted by Crippen LogP contribution is 2.19. The van der Waals surface area contributed by atoms with Crippen molar-refractivity contribution in [2.75, 3.05) is 24.0 Å². The maximum atomic E-state index is 12.9. The number of methoxy groups -OCH3 is 1. The van der Waals surface area contributed by atoms with Crippen LogP contribution in [0.25, 0.3) is 0 Å². The van der Waals surface area contributed by atoms with Crippen LogP contribution in [0.4, 0.5) is 9.52 Å². The Labute approximate surface area is 178 Å². The molecule has 1 amide bonds. The van der Waals surface area contributed by atoms with Gasteiger partial charge in [0.2, 0.25) is 11.1 Å². The third-order valence-electron chi connectivity index (χ3n) is 3.60. The van der Waals surface area contributed by atoms with Gasteiger partial charge in [0.05, 0.1) is 25.0 Å². The average molecular weight is 452 g/mol. The molecule has 1 aromatic carbocycles. The number of thiazole rings is 1. The molecular formula is C17H17FN6O4S2. The standard InChI is InChI=1S/C17H17FN6O4S2/c1-27-15(26)6-11-8-29-16(20-11)21-14(25)9-30-17-23-22-13(24(17)19)7-28-12-4-2-10(18)3-5-12/h2-5,8H,6-7,9,19H2,1H3,(H,20,21,25). The Kier molecular flexibility index (Phi) is 7.19. The van der Waals surface area contributed by atoms with Crippen LogP contribution < -0.4 is 15.9 Å². The normalized spacial score (nSPS) is 10.6. The van der Waals surface area contributed by atoms with Gasteiger partial charge in [0.25, 0.3) is 0 Å². The lowest BCUT2D eigenvalue weighted by atomic mass is 10.3. The van der Waals surface area contributed by atoms with Crippen LogP contribution in [0.3, 0.4) is 0 Å². The van der Waals surface area contributed by atoms with E-state index in [1.54, 1.807) is 5.38 Å². The van der Waals surface area contributed by atoms with Crippen molar-refractivity contribution in [2.45, 2.75) is 18.2 Å². The van der Waals surface area contributed by atoms with Crippen LogP contribution in [0.2, 0.25) is 0 Å². The second-order valence-electron chi connectivity index (χ2n) is 5.75. The highest BCUT2D eigenvalue weighted by Gasteiger charge is 2.14. The van der Waals surface area contributed by atoms with Gasteiger partial charge < -0.3 is 20.6 Å². The lowest BCUT2D eigenvalue weighted by Gasteiger charge is -2.06. The number of esters is 1. The molecule has 10 nitrogen and oxygen atoms in total. The lowest BCUT2D eigenvalue weighted by Crippen LogP contribution is -2.18. The second-order valence-corrected chi connectivity index (χ2v) is 7.55. The number of amides is 1. The Morgan fingerprint density at radius 1 is 1.30 bits per heavy atom. The number of nitrogen functional groups attached to an aromatic ring is 1. The number of nitrogens with zero attached hydrogens (tertiary/aromatic N) is 4. The van der Waals surface area contributed by atoms with Crippen molar-refractivity contribution < 1.29 is 23.5 Å². The molecule has 0 aliphatic carbocycles. The molecular weight excluding hydrogens is 435 g/mol. The fourth-order valence-electron chi connectivity index (χ4n) is 2.13. The summed E-state index contributed by atoms with van der Waals surface area (Å²) in [5, 5.41) is 12.9. The summed E-state index contributed by atoms with van der Waals surface area (Å²) in [4.78, 5) is 27.5. The number of aromatic nitrogens is 4. The van der Waals surface area contributed by atoms with Gasteiger partial charge in [-0.15, -0.1) is 21.5 Å². The maximum Gasteiger partial charge on any atom is 0.311 e. The van der Waals surface area contributed by atoms with Crippen LogP contribution in [0.15, 0.2) is 34.8 Å². The first kappa shape index (κ1) is 21.5. The number of benzene rings is 1. The van der Waals surface area contributed by atoms with Gasteiger partial charge in [0.1, 0.15) is 18.2 Å². The molecule has 3 rings (SSSR count). The Balaban J connectivity index is 1.48. The lowest BCUT2D eigenvalue weighted by molar-refractivity contribution is -0.139. The summed E-state index contributed by atoms with van der Waals surface area (Å²) in [6.45, 7) is 0.0317. The molecule has 2 heterocycles. The highest BCUT2D eigenvalue weighted by atomic mass is 32.2. The number of carbonyl (C=O) groups is 2. The highest BCUT2D eigenvalue weighted by molar-refractivity contribution is 7.99. The van der Waals surface area contributed by atoms with Crippen LogP contribution in [0.5, 0.6) is 5.75 Å². The van der Waals surface area contributed by atoms with E-state index in [9.17, 15) is 14.0 Å². The number of rotatable bonds is 9. The molecule has 158 valence electrons. The number of hydrogen-bond acceptors (Lipinski definition) is 10. The summed E-state index contributed by atoms with van der Waals surface area (Å²) in [6.07, 6.45) is 0.0384. The number of nitrogens with two attached hydrogens (primary N) is 1. The van der Waals surface area contributed by atoms with Crippen LogP contribution >= 0.6 is 23.1 Å². The summed E-state index contributed by atoms with van der Waals surface area (Å²) < 4.78 is 24.2. The van der Waals surface area contributed by atoms with E-state index in [2.05, 4.69) is 25.2 Å².